The van der Waals surface area contributed by atoms with Crippen molar-refractivity contribution in [3.63, 3.8) is 0 Å². The average Bonchev–Trinajstić information content (AvgIpc) is 2.24. The summed E-state index contributed by atoms with van der Waals surface area (Å²) < 4.78 is 4.72. The Morgan fingerprint density at radius 3 is 2.25 bits per heavy atom. The molecule has 0 spiro atoms. The molecule has 4 nitrogen and oxygen atoms in total. The third kappa shape index (κ3) is 9.32. The first kappa shape index (κ1) is 18.4. The SMILES string of the molecule is CCOC#COOC(=O)/C(C)=C\C(C)(C)CC(C)(C)C. The first-order valence-electron chi connectivity index (χ1n) is 6.76. The van der Waals surface area contributed by atoms with Crippen LogP contribution < -0.4 is 0 Å². The maximum Gasteiger partial charge on any atom is 0.382 e. The molecule has 0 unspecified atom stereocenters. The highest BCUT2D eigenvalue weighted by atomic mass is 17.2. The van der Waals surface area contributed by atoms with Crippen LogP contribution in [0.15, 0.2) is 11.6 Å². The van der Waals surface area contributed by atoms with Crippen molar-refractivity contribution < 1.29 is 19.3 Å². The predicted octanol–water partition coefficient (Wildman–Crippen LogP) is 3.82. The Balaban J connectivity index is 4.49. The van der Waals surface area contributed by atoms with Crippen LogP contribution in [0.2, 0.25) is 0 Å². The first-order valence-corrected chi connectivity index (χ1v) is 6.76. The van der Waals surface area contributed by atoms with Crippen molar-refractivity contribution in [2.24, 2.45) is 10.8 Å². The van der Waals surface area contributed by atoms with E-state index in [-0.39, 0.29) is 10.8 Å². The van der Waals surface area contributed by atoms with Crippen LogP contribution in [0.25, 0.3) is 0 Å². The molecule has 20 heavy (non-hydrogen) atoms. The quantitative estimate of drug-likeness (QED) is 0.333. The zero-order valence-electron chi connectivity index (χ0n) is 13.6. The van der Waals surface area contributed by atoms with E-state index in [0.717, 1.165) is 6.42 Å². The van der Waals surface area contributed by atoms with Crippen molar-refractivity contribution in [2.75, 3.05) is 6.61 Å². The zero-order chi connectivity index (χ0) is 15.8. The lowest BCUT2D eigenvalue weighted by atomic mass is 9.75. The Labute approximate surface area is 122 Å². The van der Waals surface area contributed by atoms with E-state index in [1.165, 1.54) is 0 Å². The van der Waals surface area contributed by atoms with Crippen LogP contribution >= 0.6 is 0 Å². The third-order valence-corrected chi connectivity index (χ3v) is 2.33. The van der Waals surface area contributed by atoms with Gasteiger partial charge in [-0.3, -0.25) is 0 Å². The van der Waals surface area contributed by atoms with Gasteiger partial charge in [0, 0.05) is 5.57 Å². The average molecular weight is 282 g/mol. The van der Waals surface area contributed by atoms with Crippen molar-refractivity contribution in [3.8, 4) is 12.2 Å². The van der Waals surface area contributed by atoms with Crippen molar-refractivity contribution in [1.82, 2.24) is 0 Å². The van der Waals surface area contributed by atoms with Gasteiger partial charge in [-0.05, 0) is 31.1 Å². The molecular weight excluding hydrogens is 256 g/mol. The van der Waals surface area contributed by atoms with Crippen LogP contribution in [0.5, 0.6) is 0 Å². The molecule has 0 aliphatic carbocycles. The highest BCUT2D eigenvalue weighted by Crippen LogP contribution is 2.34. The molecule has 0 aromatic rings. The predicted molar refractivity (Wildman–Crippen MR) is 78.2 cm³/mol. The number of rotatable bonds is 5. The van der Waals surface area contributed by atoms with E-state index in [1.54, 1.807) is 13.8 Å². The minimum Gasteiger partial charge on any atom is -0.444 e. The number of hydrogen-bond acceptors (Lipinski definition) is 4. The molecule has 0 bridgehead atoms. The number of carbonyl (C=O) groups is 1. The van der Waals surface area contributed by atoms with Crippen LogP contribution in [-0.4, -0.2) is 12.6 Å². The maximum atomic E-state index is 11.7. The van der Waals surface area contributed by atoms with E-state index in [4.69, 9.17) is 4.74 Å². The highest BCUT2D eigenvalue weighted by Gasteiger charge is 2.24. The largest absolute Gasteiger partial charge is 0.444 e. The van der Waals surface area contributed by atoms with Crippen molar-refractivity contribution in [1.29, 1.82) is 0 Å². The topological polar surface area (TPSA) is 44.8 Å². The van der Waals surface area contributed by atoms with E-state index < -0.39 is 5.97 Å². The van der Waals surface area contributed by atoms with Crippen molar-refractivity contribution in [2.45, 2.75) is 54.9 Å². The number of carbonyl (C=O) groups excluding carboxylic acids is 1. The lowest BCUT2D eigenvalue weighted by molar-refractivity contribution is -0.226. The summed E-state index contributed by atoms with van der Waals surface area (Å²) in [5.41, 5.74) is 0.583. The van der Waals surface area contributed by atoms with Gasteiger partial charge in [-0.1, -0.05) is 40.7 Å². The smallest absolute Gasteiger partial charge is 0.382 e. The van der Waals surface area contributed by atoms with E-state index >= 15 is 0 Å². The van der Waals surface area contributed by atoms with Gasteiger partial charge >= 0.3 is 5.97 Å². The fourth-order valence-corrected chi connectivity index (χ4v) is 2.31. The molecule has 0 aromatic heterocycles. The van der Waals surface area contributed by atoms with Gasteiger partial charge in [0.1, 0.15) is 0 Å². The van der Waals surface area contributed by atoms with E-state index in [0.29, 0.717) is 12.2 Å². The molecule has 0 saturated carbocycles. The molecule has 0 atom stereocenters. The van der Waals surface area contributed by atoms with Gasteiger partial charge in [0.15, 0.2) is 6.11 Å². The first-order chi connectivity index (χ1) is 9.07. The monoisotopic (exact) mass is 282 g/mol. The molecule has 0 radical (unpaired) electrons. The Morgan fingerprint density at radius 2 is 1.75 bits per heavy atom. The van der Waals surface area contributed by atoms with Crippen LogP contribution in [0.1, 0.15) is 54.9 Å². The van der Waals surface area contributed by atoms with Crippen molar-refractivity contribution >= 4 is 5.97 Å². The molecule has 0 saturated heterocycles. The minimum atomic E-state index is -0.544. The highest BCUT2D eigenvalue weighted by molar-refractivity contribution is 5.87. The molecule has 0 amide bonds. The van der Waals surface area contributed by atoms with Gasteiger partial charge in [0.2, 0.25) is 6.11 Å². The number of ether oxygens (including phenoxy) is 1. The van der Waals surface area contributed by atoms with Gasteiger partial charge in [-0.2, -0.15) is 0 Å². The minimum absolute atomic E-state index is 0.0989. The lowest BCUT2D eigenvalue weighted by Crippen LogP contribution is -2.20. The van der Waals surface area contributed by atoms with E-state index in [2.05, 4.69) is 56.6 Å². The van der Waals surface area contributed by atoms with Gasteiger partial charge in [-0.25, -0.2) is 14.6 Å². The van der Waals surface area contributed by atoms with Gasteiger partial charge < -0.3 is 4.74 Å². The molecule has 0 aromatic carbocycles. The maximum absolute atomic E-state index is 11.7. The molecular formula is C16H26O4. The Kier molecular flexibility index (Phi) is 7.20. The van der Waals surface area contributed by atoms with E-state index in [1.807, 2.05) is 6.08 Å². The second kappa shape index (κ2) is 7.84. The van der Waals surface area contributed by atoms with Gasteiger partial charge in [-0.15, -0.1) is 0 Å². The lowest BCUT2D eigenvalue weighted by Gasteiger charge is -2.30. The second-order valence-electron chi connectivity index (χ2n) is 6.64. The van der Waals surface area contributed by atoms with Crippen LogP contribution in [0.3, 0.4) is 0 Å². The summed E-state index contributed by atoms with van der Waals surface area (Å²) in [7, 11) is 0. The molecule has 0 rings (SSSR count). The van der Waals surface area contributed by atoms with E-state index in [9.17, 15) is 4.79 Å². The van der Waals surface area contributed by atoms with Crippen molar-refractivity contribution in [3.05, 3.63) is 11.6 Å². The normalized spacial score (nSPS) is 12.2. The molecule has 0 heterocycles. The Morgan fingerprint density at radius 1 is 1.15 bits per heavy atom. The fourth-order valence-electron chi connectivity index (χ4n) is 2.31. The third-order valence-electron chi connectivity index (χ3n) is 2.33. The van der Waals surface area contributed by atoms with Crippen LogP contribution in [0, 0.1) is 23.0 Å². The Bertz CT molecular complexity index is 402. The van der Waals surface area contributed by atoms with Gasteiger partial charge in [0.05, 0.1) is 6.61 Å². The molecule has 0 fully saturated rings. The summed E-state index contributed by atoms with van der Waals surface area (Å²) in [6.07, 6.45) is 7.23. The zero-order valence-corrected chi connectivity index (χ0v) is 13.6. The molecule has 0 aliphatic rings. The molecule has 0 N–H and O–H groups in total. The number of allylic oxidation sites excluding steroid dienone is 1. The Hall–Kier alpha value is -1.63. The van der Waals surface area contributed by atoms with Crippen LogP contribution in [0.4, 0.5) is 0 Å². The summed E-state index contributed by atoms with van der Waals surface area (Å²) in [6.45, 7) is 14.6. The number of hydrogen-bond donors (Lipinski definition) is 0. The summed E-state index contributed by atoms with van der Waals surface area (Å²) in [4.78, 5) is 20.7. The molecule has 0 aliphatic heterocycles. The summed E-state index contributed by atoms with van der Waals surface area (Å²) >= 11 is 0. The second-order valence-corrected chi connectivity index (χ2v) is 6.64. The van der Waals surface area contributed by atoms with Crippen LogP contribution in [-0.2, 0) is 19.3 Å². The summed E-state index contributed by atoms with van der Waals surface area (Å²) in [6, 6.07) is 0. The van der Waals surface area contributed by atoms with Gasteiger partial charge in [0.25, 0.3) is 0 Å². The summed E-state index contributed by atoms with van der Waals surface area (Å²) in [5, 5.41) is 0. The fraction of sp³-hybridized carbons (Fsp3) is 0.688. The summed E-state index contributed by atoms with van der Waals surface area (Å²) in [5.74, 6) is -0.544. The molecule has 4 heteroatoms. The standard InChI is InChI=1S/C16H26O4/c1-8-18-9-10-19-20-14(17)13(2)11-16(6,7)12-15(3,4)5/h11H,8,12H2,1-7H3/b13-11-. The molecule has 114 valence electrons.